The van der Waals surface area contributed by atoms with Gasteiger partial charge in [0.25, 0.3) is 0 Å². The van der Waals surface area contributed by atoms with Gasteiger partial charge in [-0.3, -0.25) is 5.10 Å². The molecule has 0 fully saturated rings. The first-order valence-corrected chi connectivity index (χ1v) is 10.5. The fraction of sp³-hybridized carbons (Fsp3) is 0.208. The van der Waals surface area contributed by atoms with Gasteiger partial charge in [-0.15, -0.1) is 0 Å². The molecule has 1 N–H and O–H groups in total. The van der Waals surface area contributed by atoms with Gasteiger partial charge in [-0.25, -0.2) is 0 Å². The largest absolute Gasteiger partial charge is 0.488 e. The summed E-state index contributed by atoms with van der Waals surface area (Å²) in [6.07, 6.45) is 3.59. The molecule has 4 aromatic rings. The lowest BCUT2D eigenvalue weighted by Crippen LogP contribution is -2.02. The summed E-state index contributed by atoms with van der Waals surface area (Å²) in [5, 5.41) is 14.0. The van der Waals surface area contributed by atoms with E-state index in [2.05, 4.69) is 59.5 Å². The minimum absolute atomic E-state index is 0.484. The topological polar surface area (TPSA) is 55.2 Å². The zero-order chi connectivity index (χ0) is 20.9. The fourth-order valence-corrected chi connectivity index (χ4v) is 3.60. The van der Waals surface area contributed by atoms with E-state index >= 15 is 0 Å². The molecule has 1 aromatic heterocycles. The molecule has 30 heavy (non-hydrogen) atoms. The number of H-pyrrole nitrogens is 1. The molecule has 0 saturated carbocycles. The number of nitrogens with zero attached hydrogens (tertiary/aromatic N) is 3. The van der Waals surface area contributed by atoms with Crippen LogP contribution in [-0.4, -0.2) is 21.1 Å². The van der Waals surface area contributed by atoms with Crippen molar-refractivity contribution in [2.75, 3.05) is 0 Å². The highest BCUT2D eigenvalue weighted by Gasteiger charge is 2.10. The average Bonchev–Trinajstić information content (AvgIpc) is 3.11. The van der Waals surface area contributed by atoms with Crippen LogP contribution in [0.3, 0.4) is 0 Å². The summed E-state index contributed by atoms with van der Waals surface area (Å²) in [7, 11) is 0. The van der Waals surface area contributed by atoms with Gasteiger partial charge >= 0.3 is 0 Å². The van der Waals surface area contributed by atoms with Gasteiger partial charge in [-0.1, -0.05) is 61.5 Å². The van der Waals surface area contributed by atoms with E-state index in [1.54, 1.807) is 4.68 Å². The Morgan fingerprint density at radius 1 is 1.10 bits per heavy atom. The van der Waals surface area contributed by atoms with Crippen LogP contribution in [0.15, 0.2) is 65.8 Å². The Bertz CT molecular complexity index is 1260. The minimum atomic E-state index is 0.484. The highest BCUT2D eigenvalue weighted by atomic mass is 32.1. The van der Waals surface area contributed by atoms with Crippen molar-refractivity contribution < 1.29 is 4.74 Å². The zero-order valence-corrected chi connectivity index (χ0v) is 17.9. The molecular formula is C24H24N4OS. The van der Waals surface area contributed by atoms with Gasteiger partial charge in [0, 0.05) is 12.0 Å². The van der Waals surface area contributed by atoms with Crippen LogP contribution < -0.4 is 4.74 Å². The second-order valence-electron chi connectivity index (χ2n) is 7.17. The number of rotatable bonds is 7. The molecule has 0 unspecified atom stereocenters. The van der Waals surface area contributed by atoms with E-state index in [0.29, 0.717) is 11.4 Å². The lowest BCUT2D eigenvalue weighted by atomic mass is 10.0. The third-order valence-electron chi connectivity index (χ3n) is 5.07. The molecule has 152 valence electrons. The van der Waals surface area contributed by atoms with E-state index in [1.807, 2.05) is 36.5 Å². The standard InChI is InChI=1S/C24H24N4OS/c1-3-8-23-26-27-24(30)28(23)25-15-21-20-12-7-6-10-18(20)13-14-22(21)29-16-19-11-5-4-9-17(19)2/h4-7,9-15H,3,8,16H2,1-2H3,(H,27,30)/b25-15+. The van der Waals surface area contributed by atoms with Crippen LogP contribution >= 0.6 is 12.2 Å². The molecular weight excluding hydrogens is 392 g/mol. The molecule has 1 heterocycles. The Labute approximate surface area is 181 Å². The van der Waals surface area contributed by atoms with Gasteiger partial charge in [-0.05, 0) is 53.5 Å². The van der Waals surface area contributed by atoms with Crippen LogP contribution in [0, 0.1) is 11.7 Å². The highest BCUT2D eigenvalue weighted by Crippen LogP contribution is 2.28. The molecule has 0 aliphatic carbocycles. The number of aryl methyl sites for hydroxylation is 2. The lowest BCUT2D eigenvalue weighted by molar-refractivity contribution is 0.305. The molecule has 0 radical (unpaired) electrons. The molecule has 6 heteroatoms. The van der Waals surface area contributed by atoms with Crippen LogP contribution in [0.4, 0.5) is 0 Å². The number of ether oxygens (including phenoxy) is 1. The van der Waals surface area contributed by atoms with Crippen LogP contribution in [0.1, 0.15) is 35.9 Å². The number of aromatic nitrogens is 3. The SMILES string of the molecule is CCCc1n[nH]c(=S)n1/N=C/c1c(OCc2ccccc2C)ccc2ccccc12. The molecule has 0 spiro atoms. The second-order valence-corrected chi connectivity index (χ2v) is 7.55. The Hall–Kier alpha value is -3.25. The number of fused-ring (bicyclic) bond motifs is 1. The van der Waals surface area contributed by atoms with Crippen molar-refractivity contribution in [2.45, 2.75) is 33.3 Å². The van der Waals surface area contributed by atoms with E-state index in [4.69, 9.17) is 17.0 Å². The third-order valence-corrected chi connectivity index (χ3v) is 5.33. The van der Waals surface area contributed by atoms with Crippen molar-refractivity contribution in [2.24, 2.45) is 5.10 Å². The van der Waals surface area contributed by atoms with E-state index in [9.17, 15) is 0 Å². The van der Waals surface area contributed by atoms with Gasteiger partial charge < -0.3 is 4.74 Å². The number of benzene rings is 3. The summed E-state index contributed by atoms with van der Waals surface area (Å²) < 4.78 is 8.41. The van der Waals surface area contributed by atoms with Crippen molar-refractivity contribution in [3.63, 3.8) is 0 Å². The summed E-state index contributed by atoms with van der Waals surface area (Å²) in [5.41, 5.74) is 3.30. The molecule has 0 bridgehead atoms. The number of aromatic amines is 1. The molecule has 0 amide bonds. The van der Waals surface area contributed by atoms with E-state index < -0.39 is 0 Å². The van der Waals surface area contributed by atoms with Crippen LogP contribution in [0.5, 0.6) is 5.75 Å². The molecule has 0 saturated heterocycles. The predicted molar refractivity (Wildman–Crippen MR) is 124 cm³/mol. The summed E-state index contributed by atoms with van der Waals surface area (Å²) in [4.78, 5) is 0. The second kappa shape index (κ2) is 9.05. The monoisotopic (exact) mass is 416 g/mol. The van der Waals surface area contributed by atoms with Gasteiger partial charge in [0.05, 0.1) is 6.21 Å². The Kier molecular flexibility index (Phi) is 6.05. The van der Waals surface area contributed by atoms with Crippen molar-refractivity contribution in [1.82, 2.24) is 14.9 Å². The Morgan fingerprint density at radius 3 is 2.73 bits per heavy atom. The van der Waals surface area contributed by atoms with E-state index in [-0.39, 0.29) is 0 Å². The molecule has 0 aliphatic rings. The summed E-state index contributed by atoms with van der Waals surface area (Å²) in [6, 6.07) is 20.6. The number of nitrogens with one attached hydrogen (secondary N) is 1. The van der Waals surface area contributed by atoms with Crippen LogP contribution in [0.2, 0.25) is 0 Å². The van der Waals surface area contributed by atoms with Crippen molar-refractivity contribution in [3.8, 4) is 5.75 Å². The minimum Gasteiger partial charge on any atom is -0.488 e. The summed E-state index contributed by atoms with van der Waals surface area (Å²) in [5.74, 6) is 1.61. The fourth-order valence-electron chi connectivity index (χ4n) is 3.41. The van der Waals surface area contributed by atoms with Gasteiger partial charge in [-0.2, -0.15) is 14.9 Å². The summed E-state index contributed by atoms with van der Waals surface area (Å²) in [6.45, 7) is 4.70. The van der Waals surface area contributed by atoms with Gasteiger partial charge in [0.15, 0.2) is 5.82 Å². The average molecular weight is 417 g/mol. The Morgan fingerprint density at radius 2 is 1.90 bits per heavy atom. The highest BCUT2D eigenvalue weighted by molar-refractivity contribution is 7.71. The smallest absolute Gasteiger partial charge is 0.216 e. The van der Waals surface area contributed by atoms with Crippen molar-refractivity contribution >= 4 is 29.2 Å². The lowest BCUT2D eigenvalue weighted by Gasteiger charge is -2.13. The normalized spacial score (nSPS) is 11.4. The predicted octanol–water partition coefficient (Wildman–Crippen LogP) is 5.82. The molecule has 3 aromatic carbocycles. The third kappa shape index (κ3) is 4.19. The molecule has 0 atom stereocenters. The van der Waals surface area contributed by atoms with E-state index in [1.165, 1.54) is 5.56 Å². The first kappa shape index (κ1) is 20.0. The van der Waals surface area contributed by atoms with Gasteiger partial charge in [0.1, 0.15) is 12.4 Å². The maximum absolute atomic E-state index is 6.24. The number of hydrogen-bond acceptors (Lipinski definition) is 4. The van der Waals surface area contributed by atoms with Crippen LogP contribution in [0.25, 0.3) is 10.8 Å². The maximum Gasteiger partial charge on any atom is 0.216 e. The Balaban J connectivity index is 1.73. The van der Waals surface area contributed by atoms with Crippen LogP contribution in [-0.2, 0) is 13.0 Å². The first-order chi connectivity index (χ1) is 14.7. The maximum atomic E-state index is 6.24. The molecule has 4 rings (SSSR count). The number of hydrogen-bond donors (Lipinski definition) is 1. The quantitative estimate of drug-likeness (QED) is 0.305. The molecule has 0 aliphatic heterocycles. The van der Waals surface area contributed by atoms with Crippen molar-refractivity contribution in [1.29, 1.82) is 0 Å². The molecule has 5 nitrogen and oxygen atoms in total. The summed E-state index contributed by atoms with van der Waals surface area (Å²) >= 11 is 5.36. The van der Waals surface area contributed by atoms with Gasteiger partial charge in [0.2, 0.25) is 4.77 Å². The van der Waals surface area contributed by atoms with Crippen molar-refractivity contribution in [3.05, 3.63) is 87.9 Å². The first-order valence-electron chi connectivity index (χ1n) is 10.1. The van der Waals surface area contributed by atoms with E-state index in [0.717, 1.165) is 46.3 Å². The zero-order valence-electron chi connectivity index (χ0n) is 17.1.